The summed E-state index contributed by atoms with van der Waals surface area (Å²) < 4.78 is 39.1. The molecule has 0 radical (unpaired) electrons. The van der Waals surface area contributed by atoms with Gasteiger partial charge in [-0.25, -0.2) is 9.97 Å². The van der Waals surface area contributed by atoms with Gasteiger partial charge in [0, 0.05) is 53.5 Å². The summed E-state index contributed by atoms with van der Waals surface area (Å²) in [6.45, 7) is 1.82. The van der Waals surface area contributed by atoms with E-state index in [1.54, 1.807) is 35.2 Å². The Kier molecular flexibility index (Phi) is 6.26. The summed E-state index contributed by atoms with van der Waals surface area (Å²) >= 11 is 12.0. The van der Waals surface area contributed by atoms with Crippen LogP contribution in [0.1, 0.15) is 15.9 Å². The summed E-state index contributed by atoms with van der Waals surface area (Å²) in [5.74, 6) is 0.227. The van der Waals surface area contributed by atoms with Crippen LogP contribution in [0.3, 0.4) is 0 Å². The molecule has 10 heteroatoms. The topological polar surface area (TPSA) is 49.3 Å². The fraction of sp³-hybridized carbons (Fsp3) is 0.227. The van der Waals surface area contributed by atoms with Gasteiger partial charge in [0.1, 0.15) is 0 Å². The first-order valence-corrected chi connectivity index (χ1v) is 10.5. The SMILES string of the molecule is O=C(c1cc(Cl)cc(Cl)c1)N1CCN(c2nccc(-c3cccc(C(F)(F)F)c3)n2)CC1. The van der Waals surface area contributed by atoms with Crippen LogP contribution in [0.2, 0.25) is 10.0 Å². The first kappa shape index (κ1) is 22.4. The van der Waals surface area contributed by atoms with Crippen LogP contribution in [0.15, 0.2) is 54.7 Å². The number of carbonyl (C=O) groups is 1. The number of nitrogens with zero attached hydrogens (tertiary/aromatic N) is 4. The largest absolute Gasteiger partial charge is 0.416 e. The van der Waals surface area contributed by atoms with Crippen LogP contribution in [0.25, 0.3) is 11.3 Å². The number of amides is 1. The summed E-state index contributed by atoms with van der Waals surface area (Å²) in [6, 6.07) is 11.3. The fourth-order valence-electron chi connectivity index (χ4n) is 3.49. The van der Waals surface area contributed by atoms with Crippen molar-refractivity contribution >= 4 is 35.1 Å². The van der Waals surface area contributed by atoms with Crippen molar-refractivity contribution in [2.24, 2.45) is 0 Å². The number of benzene rings is 2. The van der Waals surface area contributed by atoms with Gasteiger partial charge in [0.2, 0.25) is 5.95 Å². The zero-order valence-corrected chi connectivity index (χ0v) is 18.1. The molecule has 5 nitrogen and oxygen atoms in total. The fourth-order valence-corrected chi connectivity index (χ4v) is 4.01. The summed E-state index contributed by atoms with van der Waals surface area (Å²) in [5.41, 5.74) is 0.436. The lowest BCUT2D eigenvalue weighted by Gasteiger charge is -2.35. The van der Waals surface area contributed by atoms with E-state index in [2.05, 4.69) is 9.97 Å². The third kappa shape index (κ3) is 4.97. The second kappa shape index (κ2) is 8.96. The first-order valence-electron chi connectivity index (χ1n) is 9.72. The molecule has 4 rings (SSSR count). The molecule has 1 fully saturated rings. The highest BCUT2D eigenvalue weighted by atomic mass is 35.5. The Balaban J connectivity index is 1.47. The number of alkyl halides is 3. The molecule has 0 spiro atoms. The van der Waals surface area contributed by atoms with Gasteiger partial charge >= 0.3 is 6.18 Å². The Labute approximate surface area is 192 Å². The van der Waals surface area contributed by atoms with Crippen molar-refractivity contribution in [1.29, 1.82) is 0 Å². The highest BCUT2D eigenvalue weighted by Crippen LogP contribution is 2.32. The van der Waals surface area contributed by atoms with E-state index in [9.17, 15) is 18.0 Å². The van der Waals surface area contributed by atoms with E-state index >= 15 is 0 Å². The van der Waals surface area contributed by atoms with Crippen LogP contribution in [0, 0.1) is 0 Å². The van der Waals surface area contributed by atoms with Crippen molar-refractivity contribution in [3.63, 3.8) is 0 Å². The zero-order valence-electron chi connectivity index (χ0n) is 16.6. The minimum Gasteiger partial charge on any atom is -0.337 e. The van der Waals surface area contributed by atoms with Crippen molar-refractivity contribution in [2.45, 2.75) is 6.18 Å². The maximum absolute atomic E-state index is 13.0. The lowest BCUT2D eigenvalue weighted by Crippen LogP contribution is -2.49. The summed E-state index contributed by atoms with van der Waals surface area (Å²) in [6.07, 6.45) is -2.91. The van der Waals surface area contributed by atoms with Crippen LogP contribution < -0.4 is 4.90 Å². The van der Waals surface area contributed by atoms with E-state index in [0.717, 1.165) is 12.1 Å². The number of anilines is 1. The number of halogens is 5. The smallest absolute Gasteiger partial charge is 0.337 e. The molecule has 1 aromatic heterocycles. The Morgan fingerprint density at radius 1 is 0.938 bits per heavy atom. The molecule has 3 aromatic rings. The van der Waals surface area contributed by atoms with Crippen molar-refractivity contribution < 1.29 is 18.0 Å². The van der Waals surface area contributed by atoms with E-state index in [1.165, 1.54) is 12.3 Å². The number of carbonyl (C=O) groups excluding carboxylic acids is 1. The van der Waals surface area contributed by atoms with Crippen LogP contribution in [-0.4, -0.2) is 47.0 Å². The molecule has 1 aliphatic heterocycles. The average molecular weight is 481 g/mol. The minimum atomic E-state index is -4.43. The molecule has 0 unspecified atom stereocenters. The van der Waals surface area contributed by atoms with Crippen molar-refractivity contribution in [1.82, 2.24) is 14.9 Å². The van der Waals surface area contributed by atoms with E-state index < -0.39 is 11.7 Å². The molecule has 32 heavy (non-hydrogen) atoms. The van der Waals surface area contributed by atoms with Crippen LogP contribution >= 0.6 is 23.2 Å². The van der Waals surface area contributed by atoms with Crippen molar-refractivity contribution in [2.75, 3.05) is 31.1 Å². The number of aromatic nitrogens is 2. The quantitative estimate of drug-likeness (QED) is 0.501. The predicted octanol–water partition coefficient (Wildman–Crippen LogP) is 5.43. The molecule has 0 aliphatic carbocycles. The van der Waals surface area contributed by atoms with Gasteiger partial charge in [-0.2, -0.15) is 13.2 Å². The minimum absolute atomic E-state index is 0.173. The third-order valence-electron chi connectivity index (χ3n) is 5.09. The highest BCUT2D eigenvalue weighted by molar-refractivity contribution is 6.35. The van der Waals surface area contributed by atoms with Crippen molar-refractivity contribution in [3.05, 3.63) is 75.9 Å². The maximum atomic E-state index is 13.0. The van der Waals surface area contributed by atoms with Gasteiger partial charge in [0.15, 0.2) is 0 Å². The average Bonchev–Trinajstić information content (AvgIpc) is 2.78. The molecular weight excluding hydrogens is 464 g/mol. The summed E-state index contributed by atoms with van der Waals surface area (Å²) in [7, 11) is 0. The van der Waals surface area contributed by atoms with Crippen LogP contribution in [0.5, 0.6) is 0 Å². The van der Waals surface area contributed by atoms with Gasteiger partial charge in [-0.15, -0.1) is 0 Å². The monoisotopic (exact) mass is 480 g/mol. The molecule has 0 bridgehead atoms. The van der Waals surface area contributed by atoms with E-state index in [4.69, 9.17) is 23.2 Å². The highest BCUT2D eigenvalue weighted by Gasteiger charge is 2.30. The Bertz CT molecular complexity index is 1130. The lowest BCUT2D eigenvalue weighted by molar-refractivity contribution is -0.137. The standard InChI is InChI=1S/C22H17Cl2F3N4O/c23-17-11-15(12-18(24)13-17)20(32)30-6-8-31(9-7-30)21-28-5-4-19(29-21)14-2-1-3-16(10-14)22(25,26)27/h1-5,10-13H,6-9H2. The Morgan fingerprint density at radius 2 is 1.62 bits per heavy atom. The van der Waals surface area contributed by atoms with Gasteiger partial charge in [-0.1, -0.05) is 35.3 Å². The zero-order chi connectivity index (χ0) is 22.9. The molecule has 1 saturated heterocycles. The Hall–Kier alpha value is -2.84. The van der Waals surface area contributed by atoms with Gasteiger partial charge in [-0.3, -0.25) is 4.79 Å². The first-order chi connectivity index (χ1) is 15.2. The third-order valence-corrected chi connectivity index (χ3v) is 5.52. The van der Waals surface area contributed by atoms with Crippen LogP contribution in [0.4, 0.5) is 19.1 Å². The lowest BCUT2D eigenvalue weighted by atomic mass is 10.1. The molecule has 0 N–H and O–H groups in total. The summed E-state index contributed by atoms with van der Waals surface area (Å²) in [4.78, 5) is 25.1. The molecule has 2 aromatic carbocycles. The van der Waals surface area contributed by atoms with E-state index in [-0.39, 0.29) is 5.91 Å². The van der Waals surface area contributed by atoms with E-state index in [1.807, 2.05) is 4.90 Å². The van der Waals surface area contributed by atoms with Gasteiger partial charge in [0.05, 0.1) is 11.3 Å². The number of hydrogen-bond acceptors (Lipinski definition) is 4. The molecule has 1 amide bonds. The number of piperazine rings is 1. The molecular formula is C22H17Cl2F3N4O. The molecule has 1 aliphatic rings. The van der Waals surface area contributed by atoms with Gasteiger partial charge in [0.25, 0.3) is 5.91 Å². The second-order valence-corrected chi connectivity index (χ2v) is 8.13. The van der Waals surface area contributed by atoms with Crippen LogP contribution in [-0.2, 0) is 6.18 Å². The Morgan fingerprint density at radius 3 is 2.28 bits per heavy atom. The molecule has 0 atom stereocenters. The summed E-state index contributed by atoms with van der Waals surface area (Å²) in [5, 5.41) is 0.776. The number of rotatable bonds is 3. The predicted molar refractivity (Wildman–Crippen MR) is 117 cm³/mol. The molecule has 166 valence electrons. The van der Waals surface area contributed by atoms with Gasteiger partial charge in [-0.05, 0) is 36.4 Å². The molecule has 2 heterocycles. The normalized spacial score (nSPS) is 14.5. The van der Waals surface area contributed by atoms with Gasteiger partial charge < -0.3 is 9.80 Å². The van der Waals surface area contributed by atoms with E-state index in [0.29, 0.717) is 59.0 Å². The second-order valence-electron chi connectivity index (χ2n) is 7.26. The molecule has 0 saturated carbocycles. The van der Waals surface area contributed by atoms with Crippen molar-refractivity contribution in [3.8, 4) is 11.3 Å². The number of hydrogen-bond donors (Lipinski definition) is 0. The maximum Gasteiger partial charge on any atom is 0.416 e.